The summed E-state index contributed by atoms with van der Waals surface area (Å²) < 4.78 is 0. The van der Waals surface area contributed by atoms with Gasteiger partial charge in [0.2, 0.25) is 0 Å². The van der Waals surface area contributed by atoms with E-state index in [9.17, 15) is 0 Å². The highest BCUT2D eigenvalue weighted by Crippen LogP contribution is 2.12. The monoisotopic (exact) mass is 158 g/mol. The van der Waals surface area contributed by atoms with Crippen molar-refractivity contribution < 1.29 is 0 Å². The molecule has 1 fully saturated rings. The van der Waals surface area contributed by atoms with Crippen LogP contribution in [0.1, 0.15) is 27.2 Å². The minimum absolute atomic E-state index is 0.416. The Morgan fingerprint density at radius 2 is 1.82 bits per heavy atom. The van der Waals surface area contributed by atoms with E-state index < -0.39 is 0 Å². The van der Waals surface area contributed by atoms with Crippen LogP contribution in [0.25, 0.3) is 0 Å². The summed E-state index contributed by atoms with van der Waals surface area (Å²) in [5.41, 5.74) is 5.77. The third-order valence-electron chi connectivity index (χ3n) is 1.87. The molecule has 0 radical (unpaired) electrons. The van der Waals surface area contributed by atoms with Gasteiger partial charge in [0.1, 0.15) is 0 Å². The third-order valence-corrected chi connectivity index (χ3v) is 1.87. The van der Waals surface area contributed by atoms with Gasteiger partial charge in [-0.25, -0.2) is 0 Å². The summed E-state index contributed by atoms with van der Waals surface area (Å²) in [6.07, 6.45) is 1.20. The Labute approximate surface area is 70.8 Å². The Hall–Kier alpha value is -0.0800. The van der Waals surface area contributed by atoms with Crippen molar-refractivity contribution in [1.29, 1.82) is 0 Å². The summed E-state index contributed by atoms with van der Waals surface area (Å²) in [4.78, 5) is 2.30. The molecule has 0 aliphatic carbocycles. The number of nitrogens with zero attached hydrogens (tertiary/aromatic N) is 1. The first-order valence-electron chi connectivity index (χ1n) is 4.62. The Bertz CT molecular complexity index is 68.5. The van der Waals surface area contributed by atoms with Gasteiger partial charge in [-0.3, -0.25) is 0 Å². The van der Waals surface area contributed by atoms with Crippen LogP contribution < -0.4 is 5.73 Å². The smallest absolute Gasteiger partial charge is 0.0170 e. The third kappa shape index (κ3) is 4.38. The van der Waals surface area contributed by atoms with Crippen molar-refractivity contribution in [2.45, 2.75) is 33.2 Å². The van der Waals surface area contributed by atoms with Crippen LogP contribution in [0.5, 0.6) is 0 Å². The van der Waals surface area contributed by atoms with E-state index in [1.807, 2.05) is 13.8 Å². The van der Waals surface area contributed by atoms with Crippen LogP contribution in [0.15, 0.2) is 0 Å². The predicted octanol–water partition coefficient (Wildman–Crippen LogP) is 1.31. The lowest BCUT2D eigenvalue weighted by Gasteiger charge is -2.31. The highest BCUT2D eigenvalue weighted by atomic mass is 15.1. The first-order valence-corrected chi connectivity index (χ1v) is 4.62. The molecule has 1 heterocycles. The highest BCUT2D eigenvalue weighted by Gasteiger charge is 2.18. The zero-order chi connectivity index (χ0) is 8.85. The largest absolute Gasteiger partial charge is 0.327 e. The summed E-state index contributed by atoms with van der Waals surface area (Å²) in [5.74, 6) is 0.791. The van der Waals surface area contributed by atoms with Crippen LogP contribution in [0.2, 0.25) is 0 Å². The number of hydrogen-bond donors (Lipinski definition) is 1. The van der Waals surface area contributed by atoms with Crippen LogP contribution in [0.4, 0.5) is 0 Å². The number of rotatable bonds is 0. The molecule has 1 saturated heterocycles. The minimum atomic E-state index is 0.416. The molecule has 0 aromatic heterocycles. The maximum Gasteiger partial charge on any atom is 0.0170 e. The molecule has 0 aromatic rings. The maximum atomic E-state index is 5.77. The number of likely N-dealkylation sites (tertiary alicyclic amines) is 1. The molecule has 2 atom stereocenters. The van der Waals surface area contributed by atoms with Crippen molar-refractivity contribution in [2.75, 3.05) is 20.1 Å². The summed E-state index contributed by atoms with van der Waals surface area (Å²) in [6.45, 7) is 8.55. The molecule has 68 valence electrons. The van der Waals surface area contributed by atoms with Gasteiger partial charge < -0.3 is 10.6 Å². The van der Waals surface area contributed by atoms with Crippen LogP contribution in [-0.4, -0.2) is 31.1 Å². The van der Waals surface area contributed by atoms with Crippen molar-refractivity contribution in [3.63, 3.8) is 0 Å². The highest BCUT2D eigenvalue weighted by molar-refractivity contribution is 4.76. The van der Waals surface area contributed by atoms with E-state index >= 15 is 0 Å². The lowest BCUT2D eigenvalue weighted by Crippen LogP contribution is -2.44. The van der Waals surface area contributed by atoms with Crippen molar-refractivity contribution >= 4 is 0 Å². The second kappa shape index (κ2) is 5.56. The van der Waals surface area contributed by atoms with E-state index in [1.165, 1.54) is 13.0 Å². The lowest BCUT2D eigenvalue weighted by molar-refractivity contribution is 0.199. The molecule has 0 aromatic carbocycles. The summed E-state index contributed by atoms with van der Waals surface area (Å²) >= 11 is 0. The van der Waals surface area contributed by atoms with Crippen molar-refractivity contribution in [3.8, 4) is 0 Å². The summed E-state index contributed by atoms with van der Waals surface area (Å²) in [7, 11) is 2.13. The van der Waals surface area contributed by atoms with Crippen molar-refractivity contribution in [1.82, 2.24) is 4.90 Å². The molecule has 2 unspecified atom stereocenters. The molecule has 1 rings (SSSR count). The second-order valence-corrected chi connectivity index (χ2v) is 3.32. The molecule has 0 bridgehead atoms. The van der Waals surface area contributed by atoms with Gasteiger partial charge in [0.05, 0.1) is 0 Å². The van der Waals surface area contributed by atoms with E-state index in [4.69, 9.17) is 5.73 Å². The summed E-state index contributed by atoms with van der Waals surface area (Å²) in [6, 6.07) is 0.416. The Morgan fingerprint density at radius 3 is 2.18 bits per heavy atom. The fourth-order valence-electron chi connectivity index (χ4n) is 1.67. The molecule has 0 saturated carbocycles. The quantitative estimate of drug-likeness (QED) is 0.576. The Kier molecular flexibility index (Phi) is 5.51. The number of hydrogen-bond acceptors (Lipinski definition) is 2. The van der Waals surface area contributed by atoms with Crippen LogP contribution in [0, 0.1) is 5.92 Å². The molecule has 1 aliphatic rings. The van der Waals surface area contributed by atoms with Gasteiger partial charge >= 0.3 is 0 Å². The van der Waals surface area contributed by atoms with Crippen LogP contribution in [-0.2, 0) is 0 Å². The Morgan fingerprint density at radius 1 is 1.27 bits per heavy atom. The molecule has 0 spiro atoms. The SMILES string of the molecule is CC.CC1CC(N)CN(C)C1. The molecule has 1 aliphatic heterocycles. The van der Waals surface area contributed by atoms with Gasteiger partial charge in [0.15, 0.2) is 0 Å². The van der Waals surface area contributed by atoms with Gasteiger partial charge in [-0.2, -0.15) is 0 Å². The molecule has 2 N–H and O–H groups in total. The van der Waals surface area contributed by atoms with E-state index in [2.05, 4.69) is 18.9 Å². The first kappa shape index (κ1) is 10.9. The van der Waals surface area contributed by atoms with Crippen LogP contribution >= 0.6 is 0 Å². The van der Waals surface area contributed by atoms with E-state index in [0.717, 1.165) is 12.5 Å². The van der Waals surface area contributed by atoms with Gasteiger partial charge in [-0.1, -0.05) is 20.8 Å². The van der Waals surface area contributed by atoms with Crippen LogP contribution in [0.3, 0.4) is 0 Å². The second-order valence-electron chi connectivity index (χ2n) is 3.32. The summed E-state index contributed by atoms with van der Waals surface area (Å²) in [5, 5.41) is 0. The van der Waals surface area contributed by atoms with Gasteiger partial charge in [0.25, 0.3) is 0 Å². The zero-order valence-corrected chi connectivity index (χ0v) is 8.30. The fraction of sp³-hybridized carbons (Fsp3) is 1.00. The average molecular weight is 158 g/mol. The fourth-order valence-corrected chi connectivity index (χ4v) is 1.67. The van der Waals surface area contributed by atoms with E-state index in [-0.39, 0.29) is 0 Å². The molecule has 2 heteroatoms. The molecular formula is C9H22N2. The average Bonchev–Trinajstić information content (AvgIpc) is 1.88. The topological polar surface area (TPSA) is 29.3 Å². The molecular weight excluding hydrogens is 136 g/mol. The van der Waals surface area contributed by atoms with Gasteiger partial charge in [-0.05, 0) is 19.4 Å². The van der Waals surface area contributed by atoms with Crippen molar-refractivity contribution in [3.05, 3.63) is 0 Å². The first-order chi connectivity index (χ1) is 5.18. The van der Waals surface area contributed by atoms with E-state index in [1.54, 1.807) is 0 Å². The number of piperidine rings is 1. The number of likely N-dealkylation sites (N-methyl/N-ethyl adjacent to an activating group) is 1. The Balaban J connectivity index is 0.000000461. The van der Waals surface area contributed by atoms with E-state index in [0.29, 0.717) is 6.04 Å². The molecule has 11 heavy (non-hydrogen) atoms. The van der Waals surface area contributed by atoms with Gasteiger partial charge in [-0.15, -0.1) is 0 Å². The minimum Gasteiger partial charge on any atom is -0.327 e. The normalized spacial score (nSPS) is 32.5. The molecule has 2 nitrogen and oxygen atoms in total. The zero-order valence-electron chi connectivity index (χ0n) is 8.30. The van der Waals surface area contributed by atoms with Crippen molar-refractivity contribution in [2.24, 2.45) is 11.7 Å². The predicted molar refractivity (Wildman–Crippen MR) is 50.6 cm³/mol. The standard InChI is InChI=1S/C7H16N2.C2H6/c1-6-3-7(8)5-9(2)4-6;1-2/h6-7H,3-5,8H2,1-2H3;1-2H3. The maximum absolute atomic E-state index is 5.77. The molecule has 0 amide bonds. The van der Waals surface area contributed by atoms with Gasteiger partial charge in [0, 0.05) is 19.1 Å². The number of nitrogens with two attached hydrogens (primary N) is 1. The lowest BCUT2D eigenvalue weighted by atomic mass is 9.97.